The molecule has 0 radical (unpaired) electrons. The second-order valence-corrected chi connectivity index (χ2v) is 7.69. The molecule has 162 valence electrons. The highest BCUT2D eigenvalue weighted by atomic mass is 127. The van der Waals surface area contributed by atoms with Crippen LogP contribution in [-0.4, -0.2) is 17.9 Å². The van der Waals surface area contributed by atoms with Gasteiger partial charge in [-0.2, -0.15) is 26.3 Å². The van der Waals surface area contributed by atoms with E-state index in [0.29, 0.717) is 17.7 Å². The second kappa shape index (κ2) is 9.23. The summed E-state index contributed by atoms with van der Waals surface area (Å²) in [6, 6.07) is 6.66. The van der Waals surface area contributed by atoms with Gasteiger partial charge < -0.3 is 11.1 Å². The molecule has 2 rings (SSSR count). The third kappa shape index (κ3) is 6.89. The first kappa shape index (κ1) is 24.0. The largest absolute Gasteiger partial charge is 0.416 e. The summed E-state index contributed by atoms with van der Waals surface area (Å²) in [5.74, 6) is -1.82. The Hall–Kier alpha value is -2.31. The summed E-state index contributed by atoms with van der Waals surface area (Å²) < 4.78 is 78.5. The first-order valence-electron chi connectivity index (χ1n) is 8.37. The SMILES string of the molecule is NC(=O)[C@@H](Cc1ccc(I)cc1)NC(=O)Cc1cc(C(F)(F)F)cc(C(F)(F)F)c1. The van der Waals surface area contributed by atoms with Crippen LogP contribution >= 0.6 is 22.6 Å². The van der Waals surface area contributed by atoms with E-state index in [4.69, 9.17) is 5.73 Å². The van der Waals surface area contributed by atoms with Crippen molar-refractivity contribution in [2.75, 3.05) is 0 Å². The molecule has 0 saturated carbocycles. The minimum Gasteiger partial charge on any atom is -0.368 e. The summed E-state index contributed by atoms with van der Waals surface area (Å²) in [5, 5.41) is 2.27. The van der Waals surface area contributed by atoms with Gasteiger partial charge in [0.15, 0.2) is 0 Å². The van der Waals surface area contributed by atoms with Crippen LogP contribution in [0, 0.1) is 3.57 Å². The van der Waals surface area contributed by atoms with E-state index >= 15 is 0 Å². The molecule has 2 aromatic rings. The number of halogens is 7. The average Bonchev–Trinajstić information content (AvgIpc) is 2.61. The van der Waals surface area contributed by atoms with Gasteiger partial charge >= 0.3 is 12.4 Å². The van der Waals surface area contributed by atoms with Crippen molar-refractivity contribution in [1.29, 1.82) is 0 Å². The number of carbonyl (C=O) groups excluding carboxylic acids is 2. The smallest absolute Gasteiger partial charge is 0.368 e. The van der Waals surface area contributed by atoms with Crippen molar-refractivity contribution in [2.24, 2.45) is 5.73 Å². The fourth-order valence-electron chi connectivity index (χ4n) is 2.63. The first-order chi connectivity index (χ1) is 13.8. The van der Waals surface area contributed by atoms with Gasteiger partial charge in [0.05, 0.1) is 17.5 Å². The van der Waals surface area contributed by atoms with Gasteiger partial charge in [-0.15, -0.1) is 0 Å². The van der Waals surface area contributed by atoms with Crippen molar-refractivity contribution < 1.29 is 35.9 Å². The van der Waals surface area contributed by atoms with E-state index in [1.165, 1.54) is 0 Å². The maximum Gasteiger partial charge on any atom is 0.416 e. The predicted octanol–water partition coefficient (Wildman–Crippen LogP) is 4.08. The zero-order valence-corrected chi connectivity index (χ0v) is 17.2. The maximum atomic E-state index is 12.9. The van der Waals surface area contributed by atoms with Crippen LogP contribution in [0.3, 0.4) is 0 Å². The lowest BCUT2D eigenvalue weighted by Gasteiger charge is -2.17. The van der Waals surface area contributed by atoms with E-state index < -0.39 is 53.3 Å². The van der Waals surface area contributed by atoms with Crippen LogP contribution in [0.25, 0.3) is 0 Å². The fraction of sp³-hybridized carbons (Fsp3) is 0.263. The standard InChI is InChI=1S/C19H15F6IN2O2/c20-18(21,22)12-5-11(6-13(9-12)19(23,24)25)8-16(29)28-15(17(27)30)7-10-1-3-14(26)4-2-10/h1-6,9,15H,7-8H2,(H2,27,30)(H,28,29)/t15-/m1/s1. The molecule has 0 fully saturated rings. The lowest BCUT2D eigenvalue weighted by molar-refractivity contribution is -0.143. The summed E-state index contributed by atoms with van der Waals surface area (Å²) in [6.07, 6.45) is -10.8. The fourth-order valence-corrected chi connectivity index (χ4v) is 2.99. The lowest BCUT2D eigenvalue weighted by Crippen LogP contribution is -2.46. The van der Waals surface area contributed by atoms with Crippen molar-refractivity contribution >= 4 is 34.4 Å². The summed E-state index contributed by atoms with van der Waals surface area (Å²) in [4.78, 5) is 23.8. The molecule has 0 heterocycles. The zero-order valence-electron chi connectivity index (χ0n) is 15.1. The Morgan fingerprint density at radius 3 is 1.83 bits per heavy atom. The number of carbonyl (C=O) groups is 2. The Labute approximate surface area is 181 Å². The predicted molar refractivity (Wildman–Crippen MR) is 104 cm³/mol. The molecule has 0 aliphatic heterocycles. The number of hydrogen-bond donors (Lipinski definition) is 2. The Kier molecular flexibility index (Phi) is 7.37. The molecule has 11 heteroatoms. The molecule has 3 N–H and O–H groups in total. The van der Waals surface area contributed by atoms with Crippen molar-refractivity contribution in [2.45, 2.75) is 31.2 Å². The van der Waals surface area contributed by atoms with Gasteiger partial charge in [0, 0.05) is 9.99 Å². The van der Waals surface area contributed by atoms with Gasteiger partial charge in [0.25, 0.3) is 0 Å². The van der Waals surface area contributed by atoms with Crippen LogP contribution in [0.15, 0.2) is 42.5 Å². The van der Waals surface area contributed by atoms with Crippen molar-refractivity contribution in [3.8, 4) is 0 Å². The Morgan fingerprint density at radius 2 is 1.40 bits per heavy atom. The van der Waals surface area contributed by atoms with Gasteiger partial charge in [0.2, 0.25) is 11.8 Å². The number of primary amides is 1. The lowest BCUT2D eigenvalue weighted by atomic mass is 10.0. The number of amides is 2. The number of benzene rings is 2. The number of hydrogen-bond acceptors (Lipinski definition) is 2. The second-order valence-electron chi connectivity index (χ2n) is 6.44. The van der Waals surface area contributed by atoms with Crippen molar-refractivity contribution in [3.63, 3.8) is 0 Å². The zero-order chi connectivity index (χ0) is 22.7. The van der Waals surface area contributed by atoms with E-state index in [2.05, 4.69) is 27.9 Å². The molecule has 0 aromatic heterocycles. The molecule has 30 heavy (non-hydrogen) atoms. The molecule has 0 aliphatic carbocycles. The number of alkyl halides is 6. The monoisotopic (exact) mass is 544 g/mol. The molecule has 0 bridgehead atoms. The third-order valence-corrected chi connectivity index (χ3v) is 4.76. The summed E-state index contributed by atoms with van der Waals surface area (Å²) in [7, 11) is 0. The van der Waals surface area contributed by atoms with E-state index in [9.17, 15) is 35.9 Å². The molecule has 0 spiro atoms. The molecule has 2 aromatic carbocycles. The van der Waals surface area contributed by atoms with E-state index in [0.717, 1.165) is 3.57 Å². The molecule has 0 saturated heterocycles. The molecule has 1 atom stereocenters. The highest BCUT2D eigenvalue weighted by Crippen LogP contribution is 2.36. The van der Waals surface area contributed by atoms with E-state index in [1.807, 2.05) is 0 Å². The maximum absolute atomic E-state index is 12.9. The molecule has 0 aliphatic rings. The molecule has 4 nitrogen and oxygen atoms in total. The minimum atomic E-state index is -5.02. The average molecular weight is 544 g/mol. The number of rotatable bonds is 6. The van der Waals surface area contributed by atoms with Crippen LogP contribution in [0.5, 0.6) is 0 Å². The Morgan fingerprint density at radius 1 is 0.900 bits per heavy atom. The quantitative estimate of drug-likeness (QED) is 0.425. The number of nitrogens with two attached hydrogens (primary N) is 1. The normalized spacial score (nSPS) is 13.0. The van der Waals surface area contributed by atoms with Crippen LogP contribution in [0.4, 0.5) is 26.3 Å². The summed E-state index contributed by atoms with van der Waals surface area (Å²) >= 11 is 2.07. The van der Waals surface area contributed by atoms with Gasteiger partial charge in [-0.05, 0) is 64.0 Å². The molecular weight excluding hydrogens is 529 g/mol. The first-order valence-corrected chi connectivity index (χ1v) is 9.45. The van der Waals surface area contributed by atoms with Gasteiger partial charge in [-0.1, -0.05) is 12.1 Å². The topological polar surface area (TPSA) is 72.2 Å². The minimum absolute atomic E-state index is 0.0222. The molecular formula is C19H15F6IN2O2. The van der Waals surface area contributed by atoms with Crippen molar-refractivity contribution in [3.05, 3.63) is 68.3 Å². The van der Waals surface area contributed by atoms with Crippen molar-refractivity contribution in [1.82, 2.24) is 5.32 Å². The van der Waals surface area contributed by atoms with E-state index in [-0.39, 0.29) is 12.5 Å². The highest BCUT2D eigenvalue weighted by molar-refractivity contribution is 14.1. The highest BCUT2D eigenvalue weighted by Gasteiger charge is 2.37. The Balaban J connectivity index is 2.20. The van der Waals surface area contributed by atoms with Gasteiger partial charge in [-0.25, -0.2) is 0 Å². The molecule has 2 amide bonds. The summed E-state index contributed by atoms with van der Waals surface area (Å²) in [5.41, 5.74) is 2.39. The summed E-state index contributed by atoms with van der Waals surface area (Å²) in [6.45, 7) is 0. The van der Waals surface area contributed by atoms with Crippen LogP contribution in [-0.2, 0) is 34.8 Å². The van der Waals surface area contributed by atoms with Crippen LogP contribution in [0.1, 0.15) is 22.3 Å². The molecule has 0 unspecified atom stereocenters. The van der Waals surface area contributed by atoms with Gasteiger partial charge in [0.1, 0.15) is 6.04 Å². The van der Waals surface area contributed by atoms with Gasteiger partial charge in [-0.3, -0.25) is 9.59 Å². The van der Waals surface area contributed by atoms with E-state index in [1.54, 1.807) is 24.3 Å². The van der Waals surface area contributed by atoms with Crippen LogP contribution < -0.4 is 11.1 Å². The Bertz CT molecular complexity index is 894. The number of nitrogens with one attached hydrogen (secondary N) is 1. The van der Waals surface area contributed by atoms with Crippen LogP contribution in [0.2, 0.25) is 0 Å². The third-order valence-electron chi connectivity index (χ3n) is 4.04.